The minimum Gasteiger partial charge on any atom is -0.390 e. The van der Waals surface area contributed by atoms with E-state index in [4.69, 9.17) is 9.47 Å². The van der Waals surface area contributed by atoms with Crippen LogP contribution >= 0.6 is 11.8 Å². The number of methoxy groups -OCH3 is 1. The van der Waals surface area contributed by atoms with Crippen LogP contribution in [0, 0.1) is 0 Å². The van der Waals surface area contributed by atoms with Gasteiger partial charge in [0.25, 0.3) is 0 Å². The number of ether oxygens (including phenoxy) is 2. The van der Waals surface area contributed by atoms with Gasteiger partial charge in [0.05, 0.1) is 25.9 Å². The van der Waals surface area contributed by atoms with Crippen molar-refractivity contribution < 1.29 is 14.6 Å². The second-order valence-corrected chi connectivity index (χ2v) is 3.83. The standard InChI is InChI=1S/C8H15N3O3S/c1-13-2-3-14-4-7(12)5-15-8-9-6-10-11-8/h6-7,12H,2-5H2,1H3,(H,9,10,11). The molecule has 0 spiro atoms. The van der Waals surface area contributed by atoms with Gasteiger partial charge in [0.15, 0.2) is 5.16 Å². The number of aromatic amines is 1. The molecule has 0 aliphatic rings. The molecule has 0 aromatic carbocycles. The lowest BCUT2D eigenvalue weighted by Gasteiger charge is -2.09. The summed E-state index contributed by atoms with van der Waals surface area (Å²) in [7, 11) is 1.61. The van der Waals surface area contributed by atoms with Crippen molar-refractivity contribution in [2.45, 2.75) is 11.3 Å². The van der Waals surface area contributed by atoms with E-state index >= 15 is 0 Å². The number of hydrogen-bond donors (Lipinski definition) is 2. The average Bonchev–Trinajstić information content (AvgIpc) is 2.74. The van der Waals surface area contributed by atoms with Crippen molar-refractivity contribution in [2.24, 2.45) is 0 Å². The van der Waals surface area contributed by atoms with Gasteiger partial charge in [-0.1, -0.05) is 11.8 Å². The summed E-state index contributed by atoms with van der Waals surface area (Å²) in [6, 6.07) is 0. The first-order chi connectivity index (χ1) is 7.33. The molecule has 0 radical (unpaired) electrons. The Bertz CT molecular complexity index is 245. The van der Waals surface area contributed by atoms with Crippen LogP contribution in [0.2, 0.25) is 0 Å². The Hall–Kier alpha value is -0.630. The van der Waals surface area contributed by atoms with Crippen LogP contribution in [0.15, 0.2) is 11.5 Å². The molecular weight excluding hydrogens is 218 g/mol. The van der Waals surface area contributed by atoms with Crippen molar-refractivity contribution in [2.75, 3.05) is 32.7 Å². The van der Waals surface area contributed by atoms with Gasteiger partial charge in [0.1, 0.15) is 6.33 Å². The normalized spacial score (nSPS) is 12.9. The van der Waals surface area contributed by atoms with Crippen molar-refractivity contribution in [3.05, 3.63) is 6.33 Å². The van der Waals surface area contributed by atoms with Gasteiger partial charge in [-0.05, 0) is 0 Å². The summed E-state index contributed by atoms with van der Waals surface area (Å²) < 4.78 is 9.98. The zero-order valence-electron chi connectivity index (χ0n) is 8.55. The van der Waals surface area contributed by atoms with Gasteiger partial charge in [-0.25, -0.2) is 4.98 Å². The van der Waals surface area contributed by atoms with Gasteiger partial charge < -0.3 is 14.6 Å². The Balaban J connectivity index is 2.01. The lowest BCUT2D eigenvalue weighted by molar-refractivity contribution is 0.0218. The smallest absolute Gasteiger partial charge is 0.183 e. The van der Waals surface area contributed by atoms with Crippen LogP contribution < -0.4 is 0 Å². The summed E-state index contributed by atoms with van der Waals surface area (Å²) in [5.41, 5.74) is 0. The summed E-state index contributed by atoms with van der Waals surface area (Å²) in [6.07, 6.45) is 0.932. The van der Waals surface area contributed by atoms with Gasteiger partial charge in [-0.3, -0.25) is 5.10 Å². The first-order valence-corrected chi connectivity index (χ1v) is 5.54. The molecule has 1 heterocycles. The number of H-pyrrole nitrogens is 1. The largest absolute Gasteiger partial charge is 0.390 e. The molecule has 0 saturated carbocycles. The van der Waals surface area contributed by atoms with E-state index < -0.39 is 6.10 Å². The van der Waals surface area contributed by atoms with Crippen LogP contribution in [0.5, 0.6) is 0 Å². The third-order valence-corrected chi connectivity index (χ3v) is 2.57. The van der Waals surface area contributed by atoms with Gasteiger partial charge >= 0.3 is 0 Å². The van der Waals surface area contributed by atoms with Gasteiger partial charge in [-0.15, -0.1) is 0 Å². The number of nitrogens with zero attached hydrogens (tertiary/aromatic N) is 2. The van der Waals surface area contributed by atoms with Gasteiger partial charge in [-0.2, -0.15) is 5.10 Å². The molecule has 1 aromatic heterocycles. The number of thioether (sulfide) groups is 1. The number of aliphatic hydroxyl groups excluding tert-OH is 1. The SMILES string of the molecule is COCCOCC(O)CSc1ncn[nH]1. The Labute approximate surface area is 92.4 Å². The van der Waals surface area contributed by atoms with Crippen molar-refractivity contribution in [3.63, 3.8) is 0 Å². The molecule has 0 fully saturated rings. The second kappa shape index (κ2) is 7.63. The highest BCUT2D eigenvalue weighted by Gasteiger charge is 2.06. The van der Waals surface area contributed by atoms with Gasteiger partial charge in [0, 0.05) is 12.9 Å². The van der Waals surface area contributed by atoms with Crippen LogP contribution in [-0.4, -0.2) is 59.1 Å². The first kappa shape index (κ1) is 12.4. The fourth-order valence-corrected chi connectivity index (χ4v) is 1.53. The maximum atomic E-state index is 9.50. The van der Waals surface area contributed by atoms with Crippen LogP contribution in [0.25, 0.3) is 0 Å². The molecule has 1 unspecified atom stereocenters. The zero-order chi connectivity index (χ0) is 10.9. The topological polar surface area (TPSA) is 80.3 Å². The predicted octanol–water partition coefficient (Wildman–Crippen LogP) is -0.0793. The number of rotatable bonds is 8. The second-order valence-electron chi connectivity index (χ2n) is 2.82. The number of aromatic nitrogens is 3. The average molecular weight is 233 g/mol. The highest BCUT2D eigenvalue weighted by Crippen LogP contribution is 2.11. The first-order valence-electron chi connectivity index (χ1n) is 4.56. The summed E-state index contributed by atoms with van der Waals surface area (Å²) in [4.78, 5) is 3.92. The highest BCUT2D eigenvalue weighted by atomic mass is 32.2. The van der Waals surface area contributed by atoms with E-state index in [1.807, 2.05) is 0 Å². The molecule has 7 heteroatoms. The molecule has 1 atom stereocenters. The van der Waals surface area contributed by atoms with Crippen molar-refractivity contribution in [3.8, 4) is 0 Å². The van der Waals surface area contributed by atoms with E-state index in [0.29, 0.717) is 30.7 Å². The molecule has 0 aliphatic carbocycles. The molecule has 86 valence electrons. The number of nitrogens with one attached hydrogen (secondary N) is 1. The summed E-state index contributed by atoms with van der Waals surface area (Å²) in [5.74, 6) is 0.530. The van der Waals surface area contributed by atoms with E-state index in [2.05, 4.69) is 15.2 Å². The Morgan fingerprint density at radius 2 is 2.47 bits per heavy atom. The Morgan fingerprint density at radius 3 is 3.13 bits per heavy atom. The monoisotopic (exact) mass is 233 g/mol. The molecule has 2 N–H and O–H groups in total. The highest BCUT2D eigenvalue weighted by molar-refractivity contribution is 7.99. The predicted molar refractivity (Wildman–Crippen MR) is 55.8 cm³/mol. The van der Waals surface area contributed by atoms with E-state index in [1.54, 1.807) is 7.11 Å². The summed E-state index contributed by atoms with van der Waals surface area (Å²) in [6.45, 7) is 1.35. The van der Waals surface area contributed by atoms with E-state index in [1.165, 1.54) is 18.1 Å². The third kappa shape index (κ3) is 5.73. The molecule has 1 aromatic rings. The molecule has 0 saturated heterocycles. The van der Waals surface area contributed by atoms with Gasteiger partial charge in [0.2, 0.25) is 0 Å². The maximum absolute atomic E-state index is 9.50. The fraction of sp³-hybridized carbons (Fsp3) is 0.750. The molecule has 0 amide bonds. The lowest BCUT2D eigenvalue weighted by atomic mass is 10.4. The number of hydrogen-bond acceptors (Lipinski definition) is 6. The van der Waals surface area contributed by atoms with E-state index in [0.717, 1.165) is 0 Å². The molecular formula is C8H15N3O3S. The minimum absolute atomic E-state index is 0.310. The van der Waals surface area contributed by atoms with Crippen LogP contribution in [0.4, 0.5) is 0 Å². The van der Waals surface area contributed by atoms with Crippen molar-refractivity contribution in [1.29, 1.82) is 0 Å². The Kier molecular flexibility index (Phi) is 6.33. The fourth-order valence-electron chi connectivity index (χ4n) is 0.849. The molecule has 15 heavy (non-hydrogen) atoms. The quantitative estimate of drug-likeness (QED) is 0.483. The lowest BCUT2D eigenvalue weighted by Crippen LogP contribution is -2.19. The van der Waals surface area contributed by atoms with Crippen molar-refractivity contribution >= 4 is 11.8 Å². The Morgan fingerprint density at radius 1 is 1.60 bits per heavy atom. The maximum Gasteiger partial charge on any atom is 0.183 e. The molecule has 0 bridgehead atoms. The van der Waals surface area contributed by atoms with E-state index in [-0.39, 0.29) is 0 Å². The van der Waals surface area contributed by atoms with Crippen LogP contribution in [0.3, 0.4) is 0 Å². The van der Waals surface area contributed by atoms with E-state index in [9.17, 15) is 5.11 Å². The molecule has 0 aliphatic heterocycles. The molecule has 6 nitrogen and oxygen atoms in total. The number of aliphatic hydroxyl groups is 1. The third-order valence-electron chi connectivity index (χ3n) is 1.55. The van der Waals surface area contributed by atoms with Crippen molar-refractivity contribution in [1.82, 2.24) is 15.2 Å². The molecule has 1 rings (SSSR count). The van der Waals surface area contributed by atoms with Crippen LogP contribution in [0.1, 0.15) is 0 Å². The minimum atomic E-state index is -0.503. The summed E-state index contributed by atoms with van der Waals surface area (Å²) >= 11 is 1.41. The summed E-state index contributed by atoms with van der Waals surface area (Å²) in [5, 5.41) is 16.6. The zero-order valence-corrected chi connectivity index (χ0v) is 9.37. The van der Waals surface area contributed by atoms with Crippen LogP contribution in [-0.2, 0) is 9.47 Å².